The molecular weight excluding hydrogens is 1520 g/mol. The second-order valence-electron chi connectivity index (χ2n) is 26.6. The van der Waals surface area contributed by atoms with Gasteiger partial charge in [-0.2, -0.15) is 0 Å². The number of hydrogen-bond donors (Lipinski definition) is 5. The number of hydrogen-bond acceptors (Lipinski definition) is 20. The fourth-order valence-electron chi connectivity index (χ4n) is 13.0. The van der Waals surface area contributed by atoms with Crippen molar-refractivity contribution in [3.05, 3.63) is 270 Å². The molecule has 3 aromatic heterocycles. The van der Waals surface area contributed by atoms with Gasteiger partial charge in [0.2, 0.25) is 30.1 Å². The molecule has 3 aliphatic rings. The Morgan fingerprint density at radius 2 is 0.741 bits per heavy atom. The Morgan fingerprint density at radius 1 is 0.455 bits per heavy atom. The van der Waals surface area contributed by atoms with Crippen LogP contribution in [0.25, 0.3) is 32.7 Å². The van der Waals surface area contributed by atoms with Gasteiger partial charge < -0.3 is 43.9 Å². The quantitative estimate of drug-likeness (QED) is 0.0503. The van der Waals surface area contributed by atoms with E-state index in [0.29, 0.717) is 69.3 Å². The molecule has 27 nitrogen and oxygen atoms in total. The predicted octanol–water partition coefficient (Wildman–Crippen LogP) is 9.51. The van der Waals surface area contributed by atoms with Crippen LogP contribution in [0, 0.1) is 17.5 Å². The summed E-state index contributed by atoms with van der Waals surface area (Å²) in [6, 6.07) is 37.7. The number of aromatic nitrogens is 3. The summed E-state index contributed by atoms with van der Waals surface area (Å²) >= 11 is 0. The van der Waals surface area contributed by atoms with Gasteiger partial charge in [-0.3, -0.25) is 38.9 Å². The molecule has 112 heavy (non-hydrogen) atoms. The van der Waals surface area contributed by atoms with E-state index in [0.717, 1.165) is 52.1 Å². The van der Waals surface area contributed by atoms with Gasteiger partial charge in [0.05, 0.1) is 66.4 Å². The number of amides is 5. The van der Waals surface area contributed by atoms with Gasteiger partial charge in [0.25, 0.3) is 29.5 Å². The molecule has 580 valence electrons. The summed E-state index contributed by atoms with van der Waals surface area (Å²) in [7, 11) is -3.06. The van der Waals surface area contributed by atoms with Crippen molar-refractivity contribution in [2.75, 3.05) is 54.1 Å². The number of halogens is 3. The van der Waals surface area contributed by atoms with E-state index in [1.807, 2.05) is 45.8 Å². The lowest BCUT2D eigenvalue weighted by molar-refractivity contribution is 0.0694. The number of benzene rings is 8. The van der Waals surface area contributed by atoms with Crippen LogP contribution in [0.3, 0.4) is 0 Å². The number of carbonyl (C=O) groups excluding carboxylic acids is 5. The minimum absolute atomic E-state index is 0.0175. The Hall–Kier alpha value is -12.6. The second-order valence-corrected chi connectivity index (χ2v) is 31.8. The summed E-state index contributed by atoms with van der Waals surface area (Å²) in [5.41, 5.74) is 8.23. The Balaban J connectivity index is 0.000000162. The van der Waals surface area contributed by atoms with Crippen LogP contribution in [0.15, 0.2) is 158 Å². The molecule has 8 aromatic carbocycles. The fourth-order valence-corrected chi connectivity index (χ4v) is 13.9. The lowest BCUT2D eigenvalue weighted by Crippen LogP contribution is -2.30. The van der Waals surface area contributed by atoms with Gasteiger partial charge in [0, 0.05) is 92.2 Å². The first kappa shape index (κ1) is 80.4. The first-order valence-corrected chi connectivity index (χ1v) is 39.6. The van der Waals surface area contributed by atoms with Crippen molar-refractivity contribution < 1.29 is 96.4 Å². The number of nitrogens with one attached hydrogen (secondary N) is 2. The van der Waals surface area contributed by atoms with Gasteiger partial charge in [-0.1, -0.05) is 60.7 Å². The number of nitrogens with zero attached hydrogens (tertiary/aromatic N) is 6. The van der Waals surface area contributed by atoms with E-state index in [4.69, 9.17) is 18.9 Å². The van der Waals surface area contributed by atoms with Crippen molar-refractivity contribution in [2.45, 2.75) is 52.1 Å². The van der Waals surface area contributed by atoms with Crippen LogP contribution in [0.4, 0.5) is 13.2 Å². The number of phenols is 1. The van der Waals surface area contributed by atoms with Crippen LogP contribution in [-0.4, -0.2) is 155 Å². The molecule has 3 aliphatic heterocycles. The molecular formula is C79H72F3N9O18S3. The molecule has 0 radical (unpaired) electrons. The highest BCUT2D eigenvalue weighted by atomic mass is 32.2. The predicted molar refractivity (Wildman–Crippen MR) is 407 cm³/mol. The van der Waals surface area contributed by atoms with Crippen molar-refractivity contribution in [1.82, 2.24) is 39.1 Å². The molecule has 0 atom stereocenters. The molecule has 6 N–H and O–H groups in total. The number of fused-ring (bicyclic) bond motifs is 6. The number of methoxy groups -OCH3 is 2. The molecule has 0 saturated heterocycles. The SMILES string of the molecule is CN1Cc2c(c(O)c3ncc(Cc4ccc(F)cc4)cc3c2C(=O)NS(C)(=O)=O)C1=O.COc1ccc(COc2c3c(c(C(=O)NS(C)(=O)=O)c4cc(Cc5ccc(F)cc5)cnc24)CN(C)C3=O)cc1.COc1ccc(COc2c3c(c(C(=O)O)c4cc(Cc5ccc(F)cc5)cnc24)CN(C)C3=O)cc1.CS(N)(=O)=O. The van der Waals surface area contributed by atoms with Crippen molar-refractivity contribution in [2.24, 2.45) is 5.14 Å². The van der Waals surface area contributed by atoms with Gasteiger partial charge >= 0.3 is 5.97 Å². The maximum Gasteiger partial charge on any atom is 0.336 e. The summed E-state index contributed by atoms with van der Waals surface area (Å²) in [4.78, 5) is 95.1. The number of pyridine rings is 3. The zero-order valence-corrected chi connectivity index (χ0v) is 63.7. The summed E-state index contributed by atoms with van der Waals surface area (Å²) in [5.74, 6) is -3.62. The number of carbonyl (C=O) groups is 6. The van der Waals surface area contributed by atoms with Crippen molar-refractivity contribution in [3.8, 4) is 28.7 Å². The summed E-state index contributed by atoms with van der Waals surface area (Å²) in [6.45, 7) is 0.543. The van der Waals surface area contributed by atoms with Crippen LogP contribution in [-0.2, 0) is 82.2 Å². The minimum atomic E-state index is -3.91. The summed E-state index contributed by atoms with van der Waals surface area (Å²) in [6.07, 6.45) is 8.58. The number of aromatic carboxylic acids is 1. The second kappa shape index (κ2) is 32.9. The van der Waals surface area contributed by atoms with Crippen molar-refractivity contribution in [3.63, 3.8) is 0 Å². The number of sulfonamides is 3. The minimum Gasteiger partial charge on any atom is -0.505 e. The summed E-state index contributed by atoms with van der Waals surface area (Å²) < 4.78 is 133. The Kier molecular flexibility index (Phi) is 23.6. The number of aromatic hydroxyl groups is 1. The van der Waals surface area contributed by atoms with E-state index in [9.17, 15) is 77.4 Å². The molecule has 6 heterocycles. The fraction of sp³-hybridized carbons (Fsp3) is 0.203. The molecule has 0 saturated carbocycles. The standard InChI is InChI=1S/C29H26FN3O6S.C28H23FN2O5.C21H18FN3O5S.CH5NO2S/c1-33-15-23-24(28(34)32-40(3,36)37)22-13-19(12-17-4-8-20(30)9-5-17)14-31-26(22)27(25(23)29(33)35)39-16-18-6-10-21(38-2)11-7-18;1-31-14-22-23(28(33)34)21-12-18(11-16-3-7-19(29)8-4-16)13-30-25(21)26(24(22)27(31)32)36-15-17-5-9-20(35-2)10-6-17;1-25-10-15-16(20(27)24-31(2,29)30)14-8-12(7-11-3-5-13(22)6-4-11)9-23-18(14)19(26)17(15)21(25)28;1-5(2,3)4/h4-11,13-14H,12,15-16H2,1-3H3,(H,32,34);3-10,12-13H,11,14-15H2,1-2H3,(H,33,34);3-6,8-9,26H,7,10H2,1-2H3,(H,24,27);1H3,(H2,2,3,4). The molecule has 11 aromatic rings. The number of primary sulfonamides is 1. The van der Waals surface area contributed by atoms with E-state index >= 15 is 0 Å². The molecule has 0 bridgehead atoms. The normalized spacial score (nSPS) is 12.9. The lowest BCUT2D eigenvalue weighted by Gasteiger charge is -2.17. The number of phenolic OH excluding ortho intramolecular Hbond substituents is 1. The Morgan fingerprint density at radius 3 is 1.06 bits per heavy atom. The van der Waals surface area contributed by atoms with E-state index in [-0.39, 0.29) is 135 Å². The Bertz CT molecular complexity index is 5960. The zero-order valence-electron chi connectivity index (χ0n) is 61.2. The number of nitrogens with two attached hydrogens (primary N) is 1. The zero-order chi connectivity index (χ0) is 81.0. The number of ether oxygens (including phenoxy) is 4. The number of carboxylic acids is 1. The first-order chi connectivity index (χ1) is 52.9. The highest BCUT2D eigenvalue weighted by Gasteiger charge is 2.40. The summed E-state index contributed by atoms with van der Waals surface area (Å²) in [5, 5.41) is 26.1. The number of rotatable bonds is 19. The van der Waals surface area contributed by atoms with Crippen LogP contribution in [0.2, 0.25) is 0 Å². The molecule has 5 amide bonds. The largest absolute Gasteiger partial charge is 0.505 e. The highest BCUT2D eigenvalue weighted by molar-refractivity contribution is 7.89. The molecule has 33 heteroatoms. The van der Waals surface area contributed by atoms with Crippen LogP contribution < -0.4 is 33.5 Å². The molecule has 0 fully saturated rings. The third-order valence-electron chi connectivity index (χ3n) is 17.9. The topological polar surface area (TPSA) is 381 Å². The van der Waals surface area contributed by atoms with E-state index in [1.54, 1.807) is 107 Å². The molecule has 0 unspecified atom stereocenters. The maximum atomic E-state index is 13.4. The molecule has 0 aliphatic carbocycles. The van der Waals surface area contributed by atoms with E-state index in [1.165, 1.54) is 64.3 Å². The van der Waals surface area contributed by atoms with Gasteiger partial charge in [-0.05, 0) is 143 Å². The Labute approximate surface area is 640 Å². The smallest absolute Gasteiger partial charge is 0.336 e. The van der Waals surface area contributed by atoms with Gasteiger partial charge in [-0.25, -0.2) is 57.8 Å². The first-order valence-electron chi connectivity index (χ1n) is 33.8. The highest BCUT2D eigenvalue weighted by Crippen LogP contribution is 2.44. The average Bonchev–Trinajstić information content (AvgIpc) is 1.50. The third kappa shape index (κ3) is 18.6. The van der Waals surface area contributed by atoms with Gasteiger partial charge in [-0.15, -0.1) is 0 Å². The van der Waals surface area contributed by atoms with Crippen LogP contribution >= 0.6 is 0 Å². The van der Waals surface area contributed by atoms with Gasteiger partial charge in [0.15, 0.2) is 17.2 Å². The average molecular weight is 1590 g/mol. The van der Waals surface area contributed by atoms with Gasteiger partial charge in [0.1, 0.15) is 58.7 Å². The van der Waals surface area contributed by atoms with E-state index in [2.05, 4.69) is 20.1 Å². The van der Waals surface area contributed by atoms with Crippen molar-refractivity contribution in [1.29, 1.82) is 0 Å². The van der Waals surface area contributed by atoms with Crippen LogP contribution in [0.1, 0.15) is 123 Å². The number of carboxylic acid groups (broad SMARTS) is 1. The third-order valence-corrected chi connectivity index (χ3v) is 19.1. The maximum absolute atomic E-state index is 13.4. The monoisotopic (exact) mass is 1590 g/mol. The molecule has 14 rings (SSSR count). The van der Waals surface area contributed by atoms with Crippen molar-refractivity contribution >= 4 is 98.3 Å². The lowest BCUT2D eigenvalue weighted by atomic mass is 9.94. The molecule has 0 spiro atoms. The van der Waals surface area contributed by atoms with E-state index < -0.39 is 53.8 Å². The van der Waals surface area contributed by atoms with Crippen LogP contribution in [0.5, 0.6) is 28.7 Å².